The molecule has 0 aromatic rings. The first kappa shape index (κ1) is 2.91. The Labute approximate surface area is 43.2 Å². The minimum absolute atomic E-state index is 1.07. The van der Waals surface area contributed by atoms with Crippen LogP contribution in [0, 0.1) is 17.8 Å². The second-order valence-electron chi connectivity index (χ2n) is 3.11. The summed E-state index contributed by atoms with van der Waals surface area (Å²) in [6.07, 6.45) is 5.56. The quantitative estimate of drug-likeness (QED) is 0.398. The Hall–Kier alpha value is -0.260. The fraction of sp³-hybridized carbons (Fsp3) is 0.714. The summed E-state index contributed by atoms with van der Waals surface area (Å²) < 4.78 is 0. The molecule has 5 rings (SSSR count). The van der Waals surface area contributed by atoms with Gasteiger partial charge in [0.15, 0.2) is 0 Å². The molecule has 5 aliphatic carbocycles. The van der Waals surface area contributed by atoms with Crippen LogP contribution in [-0.4, -0.2) is 0 Å². The Morgan fingerprint density at radius 1 is 1.43 bits per heavy atom. The van der Waals surface area contributed by atoms with E-state index in [2.05, 4.69) is 6.08 Å². The van der Waals surface area contributed by atoms with E-state index >= 15 is 0 Å². The first-order valence-electron chi connectivity index (χ1n) is 3.17. The summed E-state index contributed by atoms with van der Waals surface area (Å²) >= 11 is 0. The van der Waals surface area contributed by atoms with Crippen LogP contribution in [0.2, 0.25) is 0 Å². The van der Waals surface area contributed by atoms with E-state index in [1.165, 1.54) is 6.42 Å². The minimum atomic E-state index is 1.07. The normalized spacial score (nSPS) is 60.6. The van der Waals surface area contributed by atoms with Gasteiger partial charge in [-0.2, -0.15) is 0 Å². The van der Waals surface area contributed by atoms with Crippen LogP contribution >= 0.6 is 0 Å². The maximum Gasteiger partial charge on any atom is -0.0131 e. The summed E-state index contributed by atoms with van der Waals surface area (Å²) in [5, 5.41) is 0. The van der Waals surface area contributed by atoms with Crippen LogP contribution in [-0.2, 0) is 0 Å². The van der Waals surface area contributed by atoms with E-state index in [-0.39, 0.29) is 0 Å². The molecule has 3 atom stereocenters. The van der Waals surface area contributed by atoms with E-state index in [9.17, 15) is 0 Å². The van der Waals surface area contributed by atoms with E-state index in [1.807, 2.05) is 5.57 Å². The van der Waals surface area contributed by atoms with Crippen LogP contribution in [0.15, 0.2) is 11.6 Å². The van der Waals surface area contributed by atoms with Crippen molar-refractivity contribution in [1.29, 1.82) is 0 Å². The third-order valence-corrected chi connectivity index (χ3v) is 2.92. The van der Waals surface area contributed by atoms with Crippen molar-refractivity contribution in [2.75, 3.05) is 0 Å². The van der Waals surface area contributed by atoms with Crippen molar-refractivity contribution in [2.24, 2.45) is 17.8 Å². The van der Waals surface area contributed by atoms with Gasteiger partial charge in [-0.15, -0.1) is 0 Å². The third kappa shape index (κ3) is 0.142. The average Bonchev–Trinajstić information content (AvgIpc) is 2.14. The van der Waals surface area contributed by atoms with Crippen LogP contribution in [0.25, 0.3) is 0 Å². The minimum Gasteiger partial charge on any atom is -0.0810 e. The molecule has 3 saturated carbocycles. The Morgan fingerprint density at radius 2 is 2.43 bits per heavy atom. The molecule has 0 saturated heterocycles. The highest BCUT2D eigenvalue weighted by atomic mass is 14.6. The van der Waals surface area contributed by atoms with Crippen molar-refractivity contribution >= 4 is 0 Å². The highest BCUT2D eigenvalue weighted by molar-refractivity contribution is 5.39. The molecule has 0 nitrogen and oxygen atoms in total. The molecular weight excluding hydrogens is 84.1 g/mol. The molecule has 3 fully saturated rings. The monoisotopic (exact) mass is 92.1 g/mol. The summed E-state index contributed by atoms with van der Waals surface area (Å²) in [6, 6.07) is 0. The van der Waals surface area contributed by atoms with Gasteiger partial charge in [-0.05, 0) is 30.6 Å². The van der Waals surface area contributed by atoms with E-state index in [1.54, 1.807) is 6.42 Å². The number of hydrogen-bond donors (Lipinski definition) is 0. The SMILES string of the molecule is C1=C2C3C[C@H]2C[C@H]13. The molecule has 5 aliphatic rings. The van der Waals surface area contributed by atoms with E-state index in [4.69, 9.17) is 0 Å². The van der Waals surface area contributed by atoms with E-state index in [0.29, 0.717) is 0 Å². The van der Waals surface area contributed by atoms with Gasteiger partial charge >= 0.3 is 0 Å². The van der Waals surface area contributed by atoms with Gasteiger partial charge in [-0.1, -0.05) is 11.6 Å². The lowest BCUT2D eigenvalue weighted by Crippen LogP contribution is -2.25. The van der Waals surface area contributed by atoms with Crippen LogP contribution in [0.1, 0.15) is 12.8 Å². The summed E-state index contributed by atoms with van der Waals surface area (Å²) in [5.41, 5.74) is 1.82. The van der Waals surface area contributed by atoms with Gasteiger partial charge in [0.2, 0.25) is 0 Å². The van der Waals surface area contributed by atoms with Crippen molar-refractivity contribution in [3.8, 4) is 0 Å². The molecule has 1 unspecified atom stereocenters. The zero-order valence-corrected chi connectivity index (χ0v) is 4.22. The summed E-state index contributed by atoms with van der Waals surface area (Å²) in [7, 11) is 0. The maximum absolute atomic E-state index is 2.48. The second-order valence-corrected chi connectivity index (χ2v) is 3.11. The predicted octanol–water partition coefficient (Wildman–Crippen LogP) is 1.58. The molecule has 0 aromatic carbocycles. The van der Waals surface area contributed by atoms with Crippen molar-refractivity contribution in [3.05, 3.63) is 11.6 Å². The lowest BCUT2D eigenvalue weighted by atomic mass is 9.69. The Balaban J connectivity index is 2.30. The van der Waals surface area contributed by atoms with Gasteiger partial charge in [-0.25, -0.2) is 0 Å². The Kier molecular flexibility index (Phi) is 0.247. The molecule has 0 heterocycles. The highest BCUT2D eigenvalue weighted by Crippen LogP contribution is 2.64. The molecule has 4 bridgehead atoms. The van der Waals surface area contributed by atoms with Gasteiger partial charge in [0, 0.05) is 0 Å². The van der Waals surface area contributed by atoms with Gasteiger partial charge < -0.3 is 0 Å². The number of allylic oxidation sites excluding steroid dienone is 2. The molecule has 0 spiro atoms. The molecule has 0 amide bonds. The first-order chi connectivity index (χ1) is 3.45. The molecule has 0 aromatic heterocycles. The molecule has 0 radical (unpaired) electrons. The average molecular weight is 92.1 g/mol. The summed E-state index contributed by atoms with van der Waals surface area (Å²) in [5.74, 6) is 3.28. The van der Waals surface area contributed by atoms with E-state index < -0.39 is 0 Å². The van der Waals surface area contributed by atoms with Gasteiger partial charge in [0.25, 0.3) is 0 Å². The topological polar surface area (TPSA) is 0 Å². The van der Waals surface area contributed by atoms with Gasteiger partial charge in [0.1, 0.15) is 0 Å². The second kappa shape index (κ2) is 0.594. The largest absolute Gasteiger partial charge is 0.0810 e. The van der Waals surface area contributed by atoms with Crippen molar-refractivity contribution in [3.63, 3.8) is 0 Å². The van der Waals surface area contributed by atoms with Gasteiger partial charge in [0.05, 0.1) is 0 Å². The number of rotatable bonds is 0. The van der Waals surface area contributed by atoms with Crippen molar-refractivity contribution < 1.29 is 0 Å². The Morgan fingerprint density at radius 3 is 2.57 bits per heavy atom. The Bertz CT molecular complexity index is 149. The van der Waals surface area contributed by atoms with E-state index in [0.717, 1.165) is 17.8 Å². The molecule has 36 valence electrons. The van der Waals surface area contributed by atoms with Crippen LogP contribution in [0.4, 0.5) is 0 Å². The van der Waals surface area contributed by atoms with Gasteiger partial charge in [-0.3, -0.25) is 0 Å². The van der Waals surface area contributed by atoms with Crippen LogP contribution < -0.4 is 0 Å². The summed E-state index contributed by atoms with van der Waals surface area (Å²) in [4.78, 5) is 0. The van der Waals surface area contributed by atoms with Crippen LogP contribution in [0.5, 0.6) is 0 Å². The smallest absolute Gasteiger partial charge is 0.0131 e. The standard InChI is InChI=1S/C7H8/c1-4-2-6-5(1)3-7(4)6/h2,4-5,7H,1,3H2/t4-,5-,7?/m1/s1. The molecule has 0 heteroatoms. The van der Waals surface area contributed by atoms with Crippen molar-refractivity contribution in [1.82, 2.24) is 0 Å². The van der Waals surface area contributed by atoms with Crippen molar-refractivity contribution in [2.45, 2.75) is 12.8 Å². The lowest BCUT2D eigenvalue weighted by molar-refractivity contribution is 0.375. The molecule has 7 heavy (non-hydrogen) atoms. The number of hydrogen-bond acceptors (Lipinski definition) is 0. The maximum atomic E-state index is 2.48. The first-order valence-corrected chi connectivity index (χ1v) is 3.17. The fourth-order valence-electron chi connectivity index (χ4n) is 2.44. The third-order valence-electron chi connectivity index (χ3n) is 2.92. The predicted molar refractivity (Wildman–Crippen MR) is 27.8 cm³/mol. The zero-order valence-electron chi connectivity index (χ0n) is 4.22. The van der Waals surface area contributed by atoms with Crippen LogP contribution in [0.3, 0.4) is 0 Å². The highest BCUT2D eigenvalue weighted by Gasteiger charge is 2.54. The summed E-state index contributed by atoms with van der Waals surface area (Å²) in [6.45, 7) is 0. The molecule has 0 aliphatic heterocycles. The molecule has 0 N–H and O–H groups in total. The zero-order chi connectivity index (χ0) is 4.43. The molecular formula is C7H8. The fourth-order valence-corrected chi connectivity index (χ4v) is 2.44. The lowest BCUT2D eigenvalue weighted by Gasteiger charge is -2.36.